The number of urea groups is 1. The first-order valence-electron chi connectivity index (χ1n) is 4.70. The quantitative estimate of drug-likeness (QED) is 0.578. The predicted octanol–water partition coefficient (Wildman–Crippen LogP) is -1.30. The fourth-order valence-electron chi connectivity index (χ4n) is 1.47. The minimum Gasteiger partial charge on any atom is -0.329 e. The van der Waals surface area contributed by atoms with E-state index in [4.69, 9.17) is 4.84 Å². The van der Waals surface area contributed by atoms with Crippen molar-refractivity contribution < 1.29 is 19.2 Å². The summed E-state index contributed by atoms with van der Waals surface area (Å²) >= 11 is 0. The minimum absolute atomic E-state index is 0.0348. The standard InChI is InChI=1S/C8H11N3O4/c12-6-4-9-8(14)10(6)5-7(13)11-2-1-3-15-11/h1-5H2,(H,9,14). The topological polar surface area (TPSA) is 79.0 Å². The highest BCUT2D eigenvalue weighted by molar-refractivity contribution is 6.04. The van der Waals surface area contributed by atoms with E-state index in [1.165, 1.54) is 5.06 Å². The SMILES string of the molecule is O=C(CN1C(=O)CNC1=O)N1CCCO1. The maximum Gasteiger partial charge on any atom is 0.325 e. The van der Waals surface area contributed by atoms with Gasteiger partial charge in [-0.15, -0.1) is 0 Å². The highest BCUT2D eigenvalue weighted by Gasteiger charge is 2.32. The Balaban J connectivity index is 1.93. The summed E-state index contributed by atoms with van der Waals surface area (Å²) in [7, 11) is 0. The lowest BCUT2D eigenvalue weighted by Crippen LogP contribution is -2.41. The third-order valence-electron chi connectivity index (χ3n) is 2.26. The summed E-state index contributed by atoms with van der Waals surface area (Å²) in [6.45, 7) is 0.742. The number of carbonyl (C=O) groups is 3. The summed E-state index contributed by atoms with van der Waals surface area (Å²) in [4.78, 5) is 39.7. The van der Waals surface area contributed by atoms with Gasteiger partial charge in [-0.25, -0.2) is 9.86 Å². The first-order valence-corrected chi connectivity index (χ1v) is 4.70. The van der Waals surface area contributed by atoms with Gasteiger partial charge in [0.15, 0.2) is 0 Å². The van der Waals surface area contributed by atoms with Crippen LogP contribution in [0.1, 0.15) is 6.42 Å². The van der Waals surface area contributed by atoms with Crippen LogP contribution >= 0.6 is 0 Å². The molecule has 7 heteroatoms. The normalized spacial score (nSPS) is 21.1. The first-order chi connectivity index (χ1) is 7.18. The molecule has 0 aromatic heterocycles. The molecule has 0 aromatic carbocycles. The second kappa shape index (κ2) is 3.85. The van der Waals surface area contributed by atoms with E-state index in [-0.39, 0.29) is 24.9 Å². The number of nitrogens with zero attached hydrogens (tertiary/aromatic N) is 2. The van der Waals surface area contributed by atoms with Crippen LogP contribution in [0, 0.1) is 0 Å². The fourth-order valence-corrected chi connectivity index (χ4v) is 1.47. The monoisotopic (exact) mass is 213 g/mol. The molecule has 0 radical (unpaired) electrons. The molecule has 0 atom stereocenters. The van der Waals surface area contributed by atoms with Crippen molar-refractivity contribution in [3.63, 3.8) is 0 Å². The first kappa shape index (κ1) is 9.91. The minimum atomic E-state index is -0.521. The second-order valence-corrected chi connectivity index (χ2v) is 3.32. The van der Waals surface area contributed by atoms with E-state index in [0.29, 0.717) is 13.2 Å². The smallest absolute Gasteiger partial charge is 0.325 e. The summed E-state index contributed by atoms with van der Waals surface area (Å²) in [5.74, 6) is -0.745. The van der Waals surface area contributed by atoms with Crippen molar-refractivity contribution >= 4 is 17.8 Å². The Morgan fingerprint density at radius 1 is 1.47 bits per heavy atom. The van der Waals surface area contributed by atoms with Crippen molar-refractivity contribution in [1.82, 2.24) is 15.3 Å². The number of nitrogens with one attached hydrogen (secondary N) is 1. The molecule has 2 aliphatic rings. The van der Waals surface area contributed by atoms with E-state index in [9.17, 15) is 14.4 Å². The number of imide groups is 1. The van der Waals surface area contributed by atoms with Gasteiger partial charge < -0.3 is 5.32 Å². The van der Waals surface area contributed by atoms with Crippen LogP contribution in [0.4, 0.5) is 4.79 Å². The molecular weight excluding hydrogens is 202 g/mol. The summed E-state index contributed by atoms with van der Waals surface area (Å²) < 4.78 is 0. The van der Waals surface area contributed by atoms with E-state index in [2.05, 4.69) is 5.32 Å². The molecular formula is C8H11N3O4. The van der Waals surface area contributed by atoms with Crippen LogP contribution in [0.3, 0.4) is 0 Å². The Labute approximate surface area is 85.9 Å². The molecule has 1 N–H and O–H groups in total. The molecule has 82 valence electrons. The zero-order valence-electron chi connectivity index (χ0n) is 8.06. The maximum atomic E-state index is 11.5. The van der Waals surface area contributed by atoms with E-state index >= 15 is 0 Å². The van der Waals surface area contributed by atoms with Crippen LogP contribution in [0.15, 0.2) is 0 Å². The van der Waals surface area contributed by atoms with Crippen LogP contribution in [0.5, 0.6) is 0 Å². The van der Waals surface area contributed by atoms with Gasteiger partial charge in [0.25, 0.3) is 11.8 Å². The van der Waals surface area contributed by atoms with Gasteiger partial charge in [-0.2, -0.15) is 0 Å². The van der Waals surface area contributed by atoms with E-state index < -0.39 is 6.03 Å². The Bertz CT molecular complexity index is 295. The van der Waals surface area contributed by atoms with E-state index in [1.54, 1.807) is 0 Å². The third-order valence-corrected chi connectivity index (χ3v) is 2.26. The highest BCUT2D eigenvalue weighted by atomic mass is 16.7. The van der Waals surface area contributed by atoms with Gasteiger partial charge in [0.2, 0.25) is 0 Å². The Morgan fingerprint density at radius 3 is 2.80 bits per heavy atom. The van der Waals surface area contributed by atoms with E-state index in [0.717, 1.165) is 11.3 Å². The van der Waals surface area contributed by atoms with Gasteiger partial charge in [0.1, 0.15) is 6.54 Å². The zero-order chi connectivity index (χ0) is 10.8. The molecule has 0 bridgehead atoms. The molecule has 0 saturated carbocycles. The molecule has 7 nitrogen and oxygen atoms in total. The fraction of sp³-hybridized carbons (Fsp3) is 0.625. The van der Waals surface area contributed by atoms with Crippen LogP contribution in [0.2, 0.25) is 0 Å². The number of rotatable bonds is 2. The number of hydrogen-bond acceptors (Lipinski definition) is 4. The van der Waals surface area contributed by atoms with Gasteiger partial charge in [-0.1, -0.05) is 0 Å². The van der Waals surface area contributed by atoms with Crippen LogP contribution in [-0.2, 0) is 14.4 Å². The number of carbonyl (C=O) groups excluding carboxylic acids is 3. The number of hydrogen-bond donors (Lipinski definition) is 1. The molecule has 2 saturated heterocycles. The third kappa shape index (κ3) is 1.91. The Kier molecular flexibility index (Phi) is 2.55. The van der Waals surface area contributed by atoms with Gasteiger partial charge in [0.05, 0.1) is 19.7 Å². The number of amides is 4. The van der Waals surface area contributed by atoms with Crippen LogP contribution in [-0.4, -0.2) is 54.0 Å². The lowest BCUT2D eigenvalue weighted by Gasteiger charge is -2.17. The molecule has 2 fully saturated rings. The summed E-state index contributed by atoms with van der Waals surface area (Å²) in [5.41, 5.74) is 0. The van der Waals surface area contributed by atoms with Crippen molar-refractivity contribution in [2.24, 2.45) is 0 Å². The average molecular weight is 213 g/mol. The lowest BCUT2D eigenvalue weighted by atomic mass is 10.4. The molecule has 0 aliphatic carbocycles. The van der Waals surface area contributed by atoms with Gasteiger partial charge >= 0.3 is 6.03 Å². The molecule has 2 rings (SSSR count). The van der Waals surface area contributed by atoms with Gasteiger partial charge in [-0.3, -0.25) is 19.3 Å². The summed E-state index contributed by atoms with van der Waals surface area (Å²) in [5, 5.41) is 3.53. The largest absolute Gasteiger partial charge is 0.329 e. The van der Waals surface area contributed by atoms with Crippen LogP contribution < -0.4 is 5.32 Å². The highest BCUT2D eigenvalue weighted by Crippen LogP contribution is 2.06. The Morgan fingerprint density at radius 2 is 2.27 bits per heavy atom. The van der Waals surface area contributed by atoms with Crippen molar-refractivity contribution in [2.75, 3.05) is 26.2 Å². The molecule has 2 aliphatic heterocycles. The molecule has 15 heavy (non-hydrogen) atoms. The van der Waals surface area contributed by atoms with Crippen molar-refractivity contribution in [1.29, 1.82) is 0 Å². The van der Waals surface area contributed by atoms with Crippen molar-refractivity contribution in [3.05, 3.63) is 0 Å². The van der Waals surface area contributed by atoms with Gasteiger partial charge in [0, 0.05) is 0 Å². The molecule has 0 aromatic rings. The van der Waals surface area contributed by atoms with E-state index in [1.807, 2.05) is 0 Å². The predicted molar refractivity (Wildman–Crippen MR) is 47.4 cm³/mol. The molecule has 2 heterocycles. The molecule has 0 unspecified atom stereocenters. The van der Waals surface area contributed by atoms with Crippen molar-refractivity contribution in [2.45, 2.75) is 6.42 Å². The van der Waals surface area contributed by atoms with Gasteiger partial charge in [-0.05, 0) is 6.42 Å². The van der Waals surface area contributed by atoms with Crippen LogP contribution in [0.25, 0.3) is 0 Å². The molecule has 0 spiro atoms. The zero-order valence-corrected chi connectivity index (χ0v) is 8.06. The van der Waals surface area contributed by atoms with Crippen molar-refractivity contribution in [3.8, 4) is 0 Å². The lowest BCUT2D eigenvalue weighted by molar-refractivity contribution is -0.169. The average Bonchev–Trinajstić information content (AvgIpc) is 2.82. The maximum absolute atomic E-state index is 11.5. The molecule has 4 amide bonds. The number of hydroxylamine groups is 2. The summed E-state index contributed by atoms with van der Waals surface area (Å²) in [6, 6.07) is -0.521. The second-order valence-electron chi connectivity index (χ2n) is 3.32. The summed E-state index contributed by atoms with van der Waals surface area (Å²) in [6.07, 6.45) is 0.784. The Hall–Kier alpha value is -1.63.